The average Bonchev–Trinajstić information content (AvgIpc) is 2.77. The second kappa shape index (κ2) is 10.2. The molecule has 1 unspecified atom stereocenters. The van der Waals surface area contributed by atoms with E-state index >= 15 is 0 Å². The standard InChI is InChI=1S/C24H31N3O4/c1-16(2)26-22(28)10-12-25-24(29)27-13-11-18-14-20(30-3)21(31-4)15-19(18)23(27)17-8-6-5-7-9-17/h5-9,14-16,23H,10-13H2,1-4H3,(H,25,29)(H,26,28). The number of carbonyl (C=O) groups is 2. The van der Waals surface area contributed by atoms with Crippen LogP contribution in [0.25, 0.3) is 0 Å². The van der Waals surface area contributed by atoms with Crippen molar-refractivity contribution in [3.63, 3.8) is 0 Å². The van der Waals surface area contributed by atoms with Gasteiger partial charge in [0.15, 0.2) is 11.5 Å². The molecule has 0 saturated heterocycles. The van der Waals surface area contributed by atoms with Crippen LogP contribution >= 0.6 is 0 Å². The van der Waals surface area contributed by atoms with Crippen molar-refractivity contribution in [2.75, 3.05) is 27.3 Å². The molecule has 0 aliphatic carbocycles. The third-order valence-corrected chi connectivity index (χ3v) is 5.33. The van der Waals surface area contributed by atoms with Crippen molar-refractivity contribution in [1.82, 2.24) is 15.5 Å². The van der Waals surface area contributed by atoms with Gasteiger partial charge in [0.1, 0.15) is 0 Å². The van der Waals surface area contributed by atoms with Crippen molar-refractivity contribution >= 4 is 11.9 Å². The van der Waals surface area contributed by atoms with E-state index in [-0.39, 0.29) is 37.0 Å². The van der Waals surface area contributed by atoms with E-state index in [9.17, 15) is 9.59 Å². The maximum Gasteiger partial charge on any atom is 0.318 e. The second-order valence-electron chi connectivity index (χ2n) is 7.87. The molecule has 2 aromatic rings. The number of benzene rings is 2. The van der Waals surface area contributed by atoms with Crippen molar-refractivity contribution in [1.29, 1.82) is 0 Å². The number of amides is 3. The van der Waals surface area contributed by atoms with Crippen molar-refractivity contribution < 1.29 is 19.1 Å². The maximum atomic E-state index is 13.1. The molecule has 2 aromatic carbocycles. The predicted octanol–water partition coefficient (Wildman–Crippen LogP) is 3.28. The molecule has 0 bridgehead atoms. The number of hydrogen-bond acceptors (Lipinski definition) is 4. The van der Waals surface area contributed by atoms with Crippen LogP contribution in [0.2, 0.25) is 0 Å². The lowest BCUT2D eigenvalue weighted by molar-refractivity contribution is -0.121. The molecule has 1 atom stereocenters. The zero-order valence-electron chi connectivity index (χ0n) is 18.6. The highest BCUT2D eigenvalue weighted by Gasteiger charge is 2.33. The smallest absolute Gasteiger partial charge is 0.318 e. The molecule has 0 saturated carbocycles. The number of methoxy groups -OCH3 is 2. The number of nitrogens with zero attached hydrogens (tertiary/aromatic N) is 1. The van der Waals surface area contributed by atoms with E-state index < -0.39 is 0 Å². The first kappa shape index (κ1) is 22.5. The largest absolute Gasteiger partial charge is 0.493 e. The number of carbonyl (C=O) groups excluding carboxylic acids is 2. The maximum absolute atomic E-state index is 13.1. The highest BCUT2D eigenvalue weighted by Crippen LogP contribution is 2.40. The SMILES string of the molecule is COc1cc2c(cc1OC)C(c1ccccc1)N(C(=O)NCCC(=O)NC(C)C)CC2. The van der Waals surface area contributed by atoms with Gasteiger partial charge in [0, 0.05) is 25.6 Å². The Morgan fingerprint density at radius 3 is 2.42 bits per heavy atom. The molecule has 0 fully saturated rings. The second-order valence-corrected chi connectivity index (χ2v) is 7.87. The Hall–Kier alpha value is -3.22. The van der Waals surface area contributed by atoms with Crippen LogP contribution in [0.5, 0.6) is 11.5 Å². The van der Waals surface area contributed by atoms with Gasteiger partial charge in [0.25, 0.3) is 0 Å². The Morgan fingerprint density at radius 2 is 1.77 bits per heavy atom. The van der Waals surface area contributed by atoms with Gasteiger partial charge in [-0.3, -0.25) is 4.79 Å². The summed E-state index contributed by atoms with van der Waals surface area (Å²) in [5.41, 5.74) is 3.16. The summed E-state index contributed by atoms with van der Waals surface area (Å²) in [6.45, 7) is 4.67. The van der Waals surface area contributed by atoms with Crippen LogP contribution in [-0.4, -0.2) is 50.2 Å². The molecule has 1 aliphatic heterocycles. The van der Waals surface area contributed by atoms with Gasteiger partial charge in [0.05, 0.1) is 20.3 Å². The molecule has 166 valence electrons. The summed E-state index contributed by atoms with van der Waals surface area (Å²) < 4.78 is 11.0. The van der Waals surface area contributed by atoms with Crippen molar-refractivity contribution in [3.8, 4) is 11.5 Å². The van der Waals surface area contributed by atoms with E-state index in [2.05, 4.69) is 10.6 Å². The number of hydrogen-bond donors (Lipinski definition) is 2. The summed E-state index contributed by atoms with van der Waals surface area (Å²) in [5, 5.41) is 5.75. The first-order valence-electron chi connectivity index (χ1n) is 10.6. The van der Waals surface area contributed by atoms with Gasteiger partial charge < -0.3 is 25.0 Å². The monoisotopic (exact) mass is 425 g/mol. The lowest BCUT2D eigenvalue weighted by Gasteiger charge is -2.38. The van der Waals surface area contributed by atoms with Gasteiger partial charge >= 0.3 is 6.03 Å². The van der Waals surface area contributed by atoms with Crippen LogP contribution in [0, 0.1) is 0 Å². The number of nitrogens with one attached hydrogen (secondary N) is 2. The fourth-order valence-corrected chi connectivity index (χ4v) is 3.94. The molecule has 7 nitrogen and oxygen atoms in total. The minimum Gasteiger partial charge on any atom is -0.493 e. The van der Waals surface area contributed by atoms with Gasteiger partial charge in [-0.05, 0) is 49.1 Å². The van der Waals surface area contributed by atoms with Crippen molar-refractivity contribution in [2.24, 2.45) is 0 Å². The normalized spacial score (nSPS) is 15.3. The molecular weight excluding hydrogens is 394 g/mol. The minimum atomic E-state index is -0.255. The topological polar surface area (TPSA) is 79.9 Å². The number of ether oxygens (including phenoxy) is 2. The number of fused-ring (bicyclic) bond motifs is 1. The fraction of sp³-hybridized carbons (Fsp3) is 0.417. The van der Waals surface area contributed by atoms with Crippen molar-refractivity contribution in [2.45, 2.75) is 38.8 Å². The van der Waals surface area contributed by atoms with Crippen LogP contribution in [0.3, 0.4) is 0 Å². The van der Waals surface area contributed by atoms with E-state index in [1.165, 1.54) is 0 Å². The highest BCUT2D eigenvalue weighted by atomic mass is 16.5. The van der Waals surface area contributed by atoms with E-state index in [1.807, 2.05) is 61.2 Å². The molecule has 0 spiro atoms. The van der Waals surface area contributed by atoms with Crippen LogP contribution in [0.15, 0.2) is 42.5 Å². The van der Waals surface area contributed by atoms with Gasteiger partial charge in [-0.25, -0.2) is 4.79 Å². The van der Waals surface area contributed by atoms with Gasteiger partial charge in [-0.15, -0.1) is 0 Å². The van der Waals surface area contributed by atoms with Gasteiger partial charge in [-0.2, -0.15) is 0 Å². The molecule has 31 heavy (non-hydrogen) atoms. The third-order valence-electron chi connectivity index (χ3n) is 5.33. The molecule has 3 rings (SSSR count). The molecule has 2 N–H and O–H groups in total. The van der Waals surface area contributed by atoms with Crippen LogP contribution in [0.1, 0.15) is 43.0 Å². The zero-order valence-corrected chi connectivity index (χ0v) is 18.6. The quantitative estimate of drug-likeness (QED) is 0.714. The van der Waals surface area contributed by atoms with Gasteiger partial charge in [-0.1, -0.05) is 30.3 Å². The summed E-state index contributed by atoms with van der Waals surface area (Å²) in [4.78, 5) is 26.8. The molecule has 1 aliphatic rings. The fourth-order valence-electron chi connectivity index (χ4n) is 3.94. The molecule has 0 aromatic heterocycles. The summed E-state index contributed by atoms with van der Waals surface area (Å²) in [5.74, 6) is 1.24. The molecule has 7 heteroatoms. The Morgan fingerprint density at radius 1 is 1.10 bits per heavy atom. The van der Waals surface area contributed by atoms with Crippen LogP contribution in [-0.2, 0) is 11.2 Å². The Labute approximate surface area is 183 Å². The zero-order chi connectivity index (χ0) is 22.4. The Bertz CT molecular complexity index is 915. The first-order valence-corrected chi connectivity index (χ1v) is 10.6. The van der Waals surface area contributed by atoms with Crippen LogP contribution < -0.4 is 20.1 Å². The molecule has 0 radical (unpaired) electrons. The van der Waals surface area contributed by atoms with E-state index in [0.29, 0.717) is 24.5 Å². The van der Waals surface area contributed by atoms with Gasteiger partial charge in [0.2, 0.25) is 5.91 Å². The lowest BCUT2D eigenvalue weighted by atomic mass is 9.88. The summed E-state index contributed by atoms with van der Waals surface area (Å²) in [6, 6.07) is 13.5. The molecule has 3 amide bonds. The first-order chi connectivity index (χ1) is 14.9. The van der Waals surface area contributed by atoms with Crippen LogP contribution in [0.4, 0.5) is 4.79 Å². The summed E-state index contributed by atoms with van der Waals surface area (Å²) >= 11 is 0. The Balaban J connectivity index is 1.85. The lowest BCUT2D eigenvalue weighted by Crippen LogP contribution is -2.46. The molecular formula is C24H31N3O4. The van der Waals surface area contributed by atoms with E-state index in [1.54, 1.807) is 14.2 Å². The third kappa shape index (κ3) is 5.29. The Kier molecular flexibility index (Phi) is 7.39. The van der Waals surface area contributed by atoms with E-state index in [4.69, 9.17) is 9.47 Å². The minimum absolute atomic E-state index is 0.0734. The number of urea groups is 1. The van der Waals surface area contributed by atoms with Crippen molar-refractivity contribution in [3.05, 3.63) is 59.2 Å². The summed E-state index contributed by atoms with van der Waals surface area (Å²) in [6.07, 6.45) is 0.954. The molecule has 1 heterocycles. The average molecular weight is 426 g/mol. The predicted molar refractivity (Wildman–Crippen MR) is 120 cm³/mol. The number of rotatable bonds is 7. The summed E-state index contributed by atoms with van der Waals surface area (Å²) in [7, 11) is 3.23. The van der Waals surface area contributed by atoms with E-state index in [0.717, 1.165) is 16.7 Å². The highest BCUT2D eigenvalue weighted by molar-refractivity contribution is 5.79.